The highest BCUT2D eigenvalue weighted by Crippen LogP contribution is 2.47. The molecule has 1 aliphatic carbocycles. The van der Waals surface area contributed by atoms with Crippen LogP contribution >= 0.6 is 11.8 Å². The molecule has 0 fully saturated rings. The minimum Gasteiger partial charge on any atom is -0.465 e. The zero-order valence-electron chi connectivity index (χ0n) is 34.0. The summed E-state index contributed by atoms with van der Waals surface area (Å²) < 4.78 is 58.3. The number of hydrogen-bond acceptors (Lipinski definition) is 10. The number of halogens is 3. The van der Waals surface area contributed by atoms with Crippen molar-refractivity contribution in [1.29, 1.82) is 0 Å². The molecule has 10 nitrogen and oxygen atoms in total. The second-order valence-electron chi connectivity index (χ2n) is 14.5. The van der Waals surface area contributed by atoms with Crippen molar-refractivity contribution in [2.75, 3.05) is 19.5 Å². The van der Waals surface area contributed by atoms with Crippen LogP contribution in [0.4, 0.5) is 18.0 Å². The van der Waals surface area contributed by atoms with Gasteiger partial charge < -0.3 is 30.4 Å². The van der Waals surface area contributed by atoms with Gasteiger partial charge in [0.25, 0.3) is 0 Å². The van der Waals surface area contributed by atoms with Crippen molar-refractivity contribution in [3.05, 3.63) is 111 Å². The molecule has 1 amide bonds. The lowest BCUT2D eigenvalue weighted by atomic mass is 10.0. The number of aliphatic hydroxyl groups excluding tert-OH is 1. The van der Waals surface area contributed by atoms with Crippen LogP contribution in [-0.4, -0.2) is 71.8 Å². The number of aromatic nitrogens is 1. The Kier molecular flexibility index (Phi) is 19.1. The number of alkyl carbamates (subject to hydrolysis) is 1. The summed E-state index contributed by atoms with van der Waals surface area (Å²) in [5.41, 5.74) is 10.6. The van der Waals surface area contributed by atoms with Crippen LogP contribution in [0.25, 0.3) is 11.6 Å². The molecule has 320 valence electrons. The van der Waals surface area contributed by atoms with Gasteiger partial charge in [0.2, 0.25) is 0 Å². The third kappa shape index (κ3) is 16.2. The molecule has 4 unspecified atom stereocenters. The number of pyridine rings is 1. The molecular formula is C45H56F3N3O7S. The molecule has 0 radical (unpaired) electrons. The lowest BCUT2D eigenvalue weighted by Gasteiger charge is -2.24. The number of allylic oxidation sites excluding steroid dienone is 2. The molecule has 59 heavy (non-hydrogen) atoms. The number of nitrogens with one attached hydrogen (secondary N) is 1. The minimum absolute atomic E-state index is 0.0259. The van der Waals surface area contributed by atoms with Crippen molar-refractivity contribution < 1.29 is 46.9 Å². The fraction of sp³-hybridized carbons (Fsp3) is 0.467. The number of methoxy groups -OCH3 is 1. The van der Waals surface area contributed by atoms with E-state index in [1.807, 2.05) is 17.4 Å². The van der Waals surface area contributed by atoms with Crippen LogP contribution in [0.2, 0.25) is 0 Å². The van der Waals surface area contributed by atoms with Gasteiger partial charge in [0.1, 0.15) is 12.4 Å². The van der Waals surface area contributed by atoms with Crippen LogP contribution in [0.15, 0.2) is 77.7 Å². The second-order valence-corrected chi connectivity index (χ2v) is 15.6. The number of benzene rings is 2. The van der Waals surface area contributed by atoms with Crippen LogP contribution < -0.4 is 11.1 Å². The van der Waals surface area contributed by atoms with E-state index in [-0.39, 0.29) is 18.8 Å². The van der Waals surface area contributed by atoms with Crippen LogP contribution in [-0.2, 0) is 32.0 Å². The Bertz CT molecular complexity index is 1890. The van der Waals surface area contributed by atoms with Crippen LogP contribution in [0.1, 0.15) is 116 Å². The summed E-state index contributed by atoms with van der Waals surface area (Å²) in [4.78, 5) is 42.1. The first-order chi connectivity index (χ1) is 28.3. The van der Waals surface area contributed by atoms with Crippen LogP contribution in [0.3, 0.4) is 0 Å². The molecule has 3 aromatic rings. The summed E-state index contributed by atoms with van der Waals surface area (Å²) >= 11 is 1.57. The zero-order chi connectivity index (χ0) is 42.8. The Balaban J connectivity index is 1.33. The summed E-state index contributed by atoms with van der Waals surface area (Å²) in [5, 5.41) is 12.8. The zero-order valence-corrected chi connectivity index (χ0v) is 34.8. The Morgan fingerprint density at radius 3 is 2.44 bits per heavy atom. The molecule has 0 saturated heterocycles. The average Bonchev–Trinajstić information content (AvgIpc) is 4.02. The summed E-state index contributed by atoms with van der Waals surface area (Å²) in [6, 6.07) is 16.2. The molecule has 14 heteroatoms. The van der Waals surface area contributed by atoms with Gasteiger partial charge in [-0.3, -0.25) is 9.78 Å². The first kappa shape index (κ1) is 47.2. The van der Waals surface area contributed by atoms with Gasteiger partial charge in [-0.25, -0.2) is 9.59 Å². The number of hydrogen-bond donors (Lipinski definition) is 3. The van der Waals surface area contributed by atoms with Crippen molar-refractivity contribution in [1.82, 2.24) is 10.3 Å². The van der Waals surface area contributed by atoms with E-state index in [2.05, 4.69) is 11.9 Å². The SMILES string of the molecule is CCCCCCCCC(/C=C/c1cccc(CC(O)c2cccc(C(=O)OC)c2)n1)OCC(NC(=O)OCc1ccc(C2=C(SCC(N)C(=O)CC)C2)cc1)C(F)(F)F. The molecule has 1 aliphatic rings. The standard InChI is InChI=1S/C45H56F3N3O7S/c1-4-6-7-8-9-10-17-36(23-22-34-15-12-16-35(50-34)25-40(53)32-13-11-14-33(24-32)43(54)56-3)57-28-42(45(46,47)48)51-44(55)58-27-30-18-20-31(21-19-30)37-26-41(37)59-29-38(49)39(52)5-2/h11-16,18-24,36,38,40,42,53H,4-10,17,25-29,49H2,1-3H3,(H,51,55)/b23-22+. The monoisotopic (exact) mass is 839 g/mol. The molecule has 4 N–H and O–H groups in total. The summed E-state index contributed by atoms with van der Waals surface area (Å²) in [5.74, 6) is 0.0305. The average molecular weight is 840 g/mol. The highest BCUT2D eigenvalue weighted by atomic mass is 32.2. The first-order valence-corrected chi connectivity index (χ1v) is 21.1. The molecule has 0 saturated carbocycles. The topological polar surface area (TPSA) is 150 Å². The maximum absolute atomic E-state index is 14.2. The molecular weight excluding hydrogens is 784 g/mol. The summed E-state index contributed by atoms with van der Waals surface area (Å²) in [6.45, 7) is 2.87. The van der Waals surface area contributed by atoms with Gasteiger partial charge in [-0.1, -0.05) is 101 Å². The third-order valence-corrected chi connectivity index (χ3v) is 11.1. The minimum atomic E-state index is -4.80. The van der Waals surface area contributed by atoms with Gasteiger partial charge in [-0.05, 0) is 63.9 Å². The van der Waals surface area contributed by atoms with Crippen molar-refractivity contribution >= 4 is 41.3 Å². The van der Waals surface area contributed by atoms with Crippen molar-refractivity contribution in [2.24, 2.45) is 5.73 Å². The van der Waals surface area contributed by atoms with E-state index >= 15 is 0 Å². The number of nitrogens with zero attached hydrogens (tertiary/aromatic N) is 1. The van der Waals surface area contributed by atoms with Crippen molar-refractivity contribution in [3.63, 3.8) is 0 Å². The Labute approximate surface area is 349 Å². The van der Waals surface area contributed by atoms with Crippen LogP contribution in [0.5, 0.6) is 0 Å². The van der Waals surface area contributed by atoms with E-state index in [4.69, 9.17) is 19.9 Å². The number of nitrogens with two attached hydrogens (primary N) is 1. The highest BCUT2D eigenvalue weighted by Gasteiger charge is 2.41. The van der Waals surface area contributed by atoms with Gasteiger partial charge in [-0.2, -0.15) is 13.2 Å². The predicted molar refractivity (Wildman–Crippen MR) is 224 cm³/mol. The van der Waals surface area contributed by atoms with Crippen LogP contribution in [0, 0.1) is 0 Å². The van der Waals surface area contributed by atoms with Gasteiger partial charge in [0.05, 0.1) is 43.2 Å². The second kappa shape index (κ2) is 23.9. The quantitative estimate of drug-likeness (QED) is 0.0557. The first-order valence-electron chi connectivity index (χ1n) is 20.2. The van der Waals surface area contributed by atoms with Gasteiger partial charge >= 0.3 is 18.2 Å². The number of amides is 1. The van der Waals surface area contributed by atoms with Gasteiger partial charge in [-0.15, -0.1) is 11.8 Å². The number of unbranched alkanes of at least 4 members (excludes halogenated alkanes) is 5. The lowest BCUT2D eigenvalue weighted by Crippen LogP contribution is -2.49. The van der Waals surface area contributed by atoms with Crippen molar-refractivity contribution in [3.8, 4) is 0 Å². The third-order valence-electron chi connectivity index (χ3n) is 9.83. The number of rotatable bonds is 25. The number of carbonyl (C=O) groups is 3. The largest absolute Gasteiger partial charge is 0.465 e. The Hall–Kier alpha value is -4.50. The number of ketones is 1. The molecule has 0 aliphatic heterocycles. The van der Waals surface area contributed by atoms with E-state index in [9.17, 15) is 32.7 Å². The Morgan fingerprint density at radius 2 is 1.73 bits per heavy atom. The van der Waals surface area contributed by atoms with E-state index in [1.165, 1.54) is 7.11 Å². The highest BCUT2D eigenvalue weighted by molar-refractivity contribution is 8.03. The fourth-order valence-electron chi connectivity index (χ4n) is 6.21. The lowest BCUT2D eigenvalue weighted by molar-refractivity contribution is -0.169. The molecule has 0 bridgehead atoms. The van der Waals surface area contributed by atoms with E-state index in [0.717, 1.165) is 61.0 Å². The van der Waals surface area contributed by atoms with E-state index in [1.54, 1.807) is 85.4 Å². The number of alkyl halides is 3. The molecule has 2 aromatic carbocycles. The molecule has 0 spiro atoms. The number of ether oxygens (including phenoxy) is 3. The number of esters is 1. The summed E-state index contributed by atoms with van der Waals surface area (Å²) in [6.07, 6.45) is 3.45. The molecule has 4 atom stereocenters. The van der Waals surface area contributed by atoms with Gasteiger partial charge in [0.15, 0.2) is 6.04 Å². The number of aliphatic hydroxyl groups is 1. The Morgan fingerprint density at radius 1 is 1.00 bits per heavy atom. The predicted octanol–water partition coefficient (Wildman–Crippen LogP) is 9.31. The van der Waals surface area contributed by atoms with Gasteiger partial charge in [0, 0.05) is 30.7 Å². The number of carbonyl (C=O) groups excluding carboxylic acids is 3. The smallest absolute Gasteiger partial charge is 0.410 e. The van der Waals surface area contributed by atoms with E-state index < -0.39 is 49.1 Å². The molecule has 1 aromatic heterocycles. The fourth-order valence-corrected chi connectivity index (χ4v) is 7.32. The normalized spacial score (nSPS) is 14.8. The number of thioether (sulfide) groups is 1. The number of Topliss-reactive ketones (excluding diaryl/α,β-unsaturated/α-hetero) is 1. The molecule has 4 rings (SSSR count). The molecule has 1 heterocycles. The van der Waals surface area contributed by atoms with Crippen molar-refractivity contribution in [2.45, 2.75) is 115 Å². The van der Waals surface area contributed by atoms with E-state index in [0.29, 0.717) is 46.7 Å². The summed E-state index contributed by atoms with van der Waals surface area (Å²) in [7, 11) is 1.28. The maximum Gasteiger partial charge on any atom is 0.410 e. The maximum atomic E-state index is 14.2.